The zero-order chi connectivity index (χ0) is 11.7. The molecule has 0 heterocycles. The fourth-order valence-electron chi connectivity index (χ4n) is 1.10. The van der Waals surface area contributed by atoms with E-state index in [1.807, 2.05) is 20.8 Å². The monoisotopic (exact) mass is 218 g/mol. The van der Waals surface area contributed by atoms with E-state index in [0.717, 1.165) is 0 Å². The highest BCUT2D eigenvalue weighted by atomic mass is 16.7. The topological polar surface area (TPSA) is 36.9 Å². The van der Waals surface area contributed by atoms with Crippen molar-refractivity contribution in [1.29, 1.82) is 0 Å². The maximum Gasteiger partial charge on any atom is 0.275 e. The average Bonchev–Trinajstić information content (AvgIpc) is 2.17. The summed E-state index contributed by atoms with van der Waals surface area (Å²) < 4.78 is 21.0. The molecule has 0 aliphatic heterocycles. The summed E-state index contributed by atoms with van der Waals surface area (Å²) in [5.74, 6) is 0.518. The molecular formula is C11H22O4. The highest BCUT2D eigenvalue weighted by Crippen LogP contribution is 2.08. The fourth-order valence-corrected chi connectivity index (χ4v) is 1.10. The van der Waals surface area contributed by atoms with E-state index in [1.54, 1.807) is 20.3 Å². The van der Waals surface area contributed by atoms with Crippen LogP contribution in [0.2, 0.25) is 0 Å². The van der Waals surface area contributed by atoms with Crippen LogP contribution in [-0.2, 0) is 18.9 Å². The van der Waals surface area contributed by atoms with Gasteiger partial charge in [0.2, 0.25) is 0 Å². The number of hydrogen-bond donors (Lipinski definition) is 0. The average molecular weight is 218 g/mol. The van der Waals surface area contributed by atoms with E-state index in [9.17, 15) is 0 Å². The van der Waals surface area contributed by atoms with Crippen molar-refractivity contribution < 1.29 is 18.9 Å². The molecule has 0 rings (SSSR count). The summed E-state index contributed by atoms with van der Waals surface area (Å²) in [5.41, 5.74) is 0. The number of allylic oxidation sites excluding steroid dienone is 1. The Balaban J connectivity index is 3.93. The molecule has 2 unspecified atom stereocenters. The van der Waals surface area contributed by atoms with E-state index in [0.29, 0.717) is 19.2 Å². The molecule has 0 aliphatic rings. The summed E-state index contributed by atoms with van der Waals surface area (Å²) in [4.78, 5) is 0. The molecule has 0 spiro atoms. The summed E-state index contributed by atoms with van der Waals surface area (Å²) >= 11 is 0. The molecule has 0 bridgehead atoms. The van der Waals surface area contributed by atoms with Gasteiger partial charge in [0, 0.05) is 14.2 Å². The van der Waals surface area contributed by atoms with Gasteiger partial charge in [-0.1, -0.05) is 0 Å². The third kappa shape index (κ3) is 7.22. The Labute approximate surface area is 92.2 Å². The predicted octanol–water partition coefficient (Wildman–Crippen LogP) is 1.95. The molecular weight excluding hydrogens is 196 g/mol. The Kier molecular flexibility index (Phi) is 8.14. The largest absolute Gasteiger partial charge is 0.460 e. The summed E-state index contributed by atoms with van der Waals surface area (Å²) in [7, 11) is 3.28. The van der Waals surface area contributed by atoms with Crippen LogP contribution in [0.25, 0.3) is 0 Å². The van der Waals surface area contributed by atoms with E-state index >= 15 is 0 Å². The quantitative estimate of drug-likeness (QED) is 0.583. The second-order valence-electron chi connectivity index (χ2n) is 3.38. The smallest absolute Gasteiger partial charge is 0.275 e. The minimum atomic E-state index is -0.0176. The van der Waals surface area contributed by atoms with Gasteiger partial charge in [0.25, 0.3) is 5.95 Å². The molecule has 0 aromatic carbocycles. The fraction of sp³-hybridized carbons (Fsp3) is 0.818. The van der Waals surface area contributed by atoms with Crippen molar-refractivity contribution in [3.8, 4) is 0 Å². The lowest BCUT2D eigenvalue weighted by Crippen LogP contribution is -2.20. The summed E-state index contributed by atoms with van der Waals surface area (Å²) in [6.45, 7) is 6.81. The van der Waals surface area contributed by atoms with Gasteiger partial charge >= 0.3 is 0 Å². The van der Waals surface area contributed by atoms with Gasteiger partial charge in [0.15, 0.2) is 0 Å². The zero-order valence-corrected chi connectivity index (χ0v) is 10.3. The normalized spacial score (nSPS) is 14.2. The minimum Gasteiger partial charge on any atom is -0.460 e. The van der Waals surface area contributed by atoms with Gasteiger partial charge in [-0.05, 0) is 26.8 Å². The highest BCUT2D eigenvalue weighted by Gasteiger charge is 2.09. The van der Waals surface area contributed by atoms with Gasteiger partial charge in [0.05, 0.1) is 13.2 Å². The van der Waals surface area contributed by atoms with Crippen LogP contribution in [0.4, 0.5) is 0 Å². The molecule has 4 nitrogen and oxygen atoms in total. The Morgan fingerprint density at radius 3 is 1.67 bits per heavy atom. The van der Waals surface area contributed by atoms with Crippen molar-refractivity contribution in [3.05, 3.63) is 12.0 Å². The van der Waals surface area contributed by atoms with Crippen LogP contribution in [0.5, 0.6) is 0 Å². The Hall–Kier alpha value is -0.740. The van der Waals surface area contributed by atoms with E-state index in [2.05, 4.69) is 0 Å². The van der Waals surface area contributed by atoms with Gasteiger partial charge in [-0.25, -0.2) is 0 Å². The van der Waals surface area contributed by atoms with E-state index < -0.39 is 0 Å². The van der Waals surface area contributed by atoms with E-state index in [-0.39, 0.29) is 12.2 Å². The molecule has 0 aromatic heterocycles. The molecule has 0 radical (unpaired) electrons. The minimum absolute atomic E-state index is 0.0176. The van der Waals surface area contributed by atoms with Crippen molar-refractivity contribution in [2.24, 2.45) is 0 Å². The molecule has 0 saturated heterocycles. The Morgan fingerprint density at radius 2 is 1.40 bits per heavy atom. The molecule has 0 saturated carbocycles. The van der Waals surface area contributed by atoms with Crippen molar-refractivity contribution in [1.82, 2.24) is 0 Å². The maximum absolute atomic E-state index is 5.52. The lowest BCUT2D eigenvalue weighted by molar-refractivity contribution is -0.0644. The van der Waals surface area contributed by atoms with Crippen LogP contribution in [-0.4, -0.2) is 39.6 Å². The standard InChI is InChI=1S/C11H22O4/c1-6-11(14-9(2)7-12-4)15-10(3)8-13-5/h6,9-10H,7-8H2,1-5H3. The summed E-state index contributed by atoms with van der Waals surface area (Å²) in [6, 6.07) is 0. The second kappa shape index (κ2) is 8.56. The Morgan fingerprint density at radius 1 is 1.00 bits per heavy atom. The molecule has 90 valence electrons. The van der Waals surface area contributed by atoms with Crippen LogP contribution in [0.15, 0.2) is 12.0 Å². The second-order valence-corrected chi connectivity index (χ2v) is 3.38. The molecule has 0 aliphatic carbocycles. The summed E-state index contributed by atoms with van der Waals surface area (Å²) in [6.07, 6.45) is 1.75. The number of ether oxygens (including phenoxy) is 4. The molecule has 4 heteroatoms. The van der Waals surface area contributed by atoms with E-state index in [4.69, 9.17) is 18.9 Å². The number of methoxy groups -OCH3 is 2. The molecule has 0 fully saturated rings. The van der Waals surface area contributed by atoms with Crippen LogP contribution in [0.1, 0.15) is 20.8 Å². The van der Waals surface area contributed by atoms with Crippen molar-refractivity contribution in [3.63, 3.8) is 0 Å². The Bertz CT molecular complexity index is 163. The predicted molar refractivity (Wildman–Crippen MR) is 58.6 cm³/mol. The highest BCUT2D eigenvalue weighted by molar-refractivity contribution is 4.81. The van der Waals surface area contributed by atoms with Crippen LogP contribution < -0.4 is 0 Å². The SMILES string of the molecule is CC=C(OC(C)COC)OC(C)COC. The molecule has 15 heavy (non-hydrogen) atoms. The first-order valence-electron chi connectivity index (χ1n) is 5.11. The van der Waals surface area contributed by atoms with Crippen LogP contribution in [0, 0.1) is 0 Å². The summed E-state index contributed by atoms with van der Waals surface area (Å²) in [5, 5.41) is 0. The molecule has 0 amide bonds. The first kappa shape index (κ1) is 14.3. The van der Waals surface area contributed by atoms with Gasteiger partial charge < -0.3 is 18.9 Å². The first-order chi connectivity index (χ1) is 7.13. The lowest BCUT2D eigenvalue weighted by atomic mass is 10.4. The number of rotatable bonds is 8. The third-order valence-corrected chi connectivity index (χ3v) is 1.67. The first-order valence-corrected chi connectivity index (χ1v) is 5.11. The molecule has 2 atom stereocenters. The van der Waals surface area contributed by atoms with Crippen LogP contribution in [0.3, 0.4) is 0 Å². The van der Waals surface area contributed by atoms with Gasteiger partial charge in [0.1, 0.15) is 12.2 Å². The van der Waals surface area contributed by atoms with Crippen molar-refractivity contribution >= 4 is 0 Å². The van der Waals surface area contributed by atoms with Gasteiger partial charge in [-0.2, -0.15) is 0 Å². The number of hydrogen-bond acceptors (Lipinski definition) is 4. The zero-order valence-electron chi connectivity index (χ0n) is 10.3. The maximum atomic E-state index is 5.52. The van der Waals surface area contributed by atoms with E-state index in [1.165, 1.54) is 0 Å². The molecule has 0 aromatic rings. The van der Waals surface area contributed by atoms with Gasteiger partial charge in [-0.15, -0.1) is 0 Å². The van der Waals surface area contributed by atoms with Crippen molar-refractivity contribution in [2.45, 2.75) is 33.0 Å². The lowest BCUT2D eigenvalue weighted by Gasteiger charge is -2.20. The van der Waals surface area contributed by atoms with Crippen LogP contribution >= 0.6 is 0 Å². The van der Waals surface area contributed by atoms with Crippen molar-refractivity contribution in [2.75, 3.05) is 27.4 Å². The molecule has 0 N–H and O–H groups in total. The third-order valence-electron chi connectivity index (χ3n) is 1.67. The van der Waals surface area contributed by atoms with Gasteiger partial charge in [-0.3, -0.25) is 0 Å².